The van der Waals surface area contributed by atoms with E-state index in [1.807, 2.05) is 38.5 Å². The van der Waals surface area contributed by atoms with Crippen molar-refractivity contribution in [2.45, 2.75) is 32.5 Å². The normalized spacial score (nSPS) is 19.4. The van der Waals surface area contributed by atoms with E-state index in [2.05, 4.69) is 56.1 Å². The molecule has 7 nitrogen and oxygen atoms in total. The van der Waals surface area contributed by atoms with E-state index >= 15 is 0 Å². The predicted octanol–water partition coefficient (Wildman–Crippen LogP) is 2.19. The van der Waals surface area contributed by atoms with E-state index in [4.69, 9.17) is 4.74 Å². The van der Waals surface area contributed by atoms with Gasteiger partial charge in [0, 0.05) is 39.3 Å². The summed E-state index contributed by atoms with van der Waals surface area (Å²) in [6.45, 7) is 8.57. The molecule has 0 aliphatic carbocycles. The first-order valence-electron chi connectivity index (χ1n) is 9.93. The standard InChI is InChI=1S/C21H32N6O/c1-16(27-10-11-28-15-17(27)2)12-24-21(22-3)26(4)14-20-23-13-19(25-20)18-8-6-5-7-9-18/h5-9,13,16-17H,10-12,14-15H2,1-4H3,(H,22,24)(H,23,25). The molecule has 1 aromatic carbocycles. The van der Waals surface area contributed by atoms with Crippen LogP contribution in [0.2, 0.25) is 0 Å². The molecule has 2 heterocycles. The molecule has 1 fully saturated rings. The lowest BCUT2D eigenvalue weighted by atomic mass is 10.2. The molecular formula is C21H32N6O. The summed E-state index contributed by atoms with van der Waals surface area (Å²) in [5, 5.41) is 3.50. The molecule has 7 heteroatoms. The summed E-state index contributed by atoms with van der Waals surface area (Å²) in [5.74, 6) is 1.78. The Labute approximate surface area is 167 Å². The third kappa shape index (κ3) is 5.11. The first-order valence-corrected chi connectivity index (χ1v) is 9.93. The van der Waals surface area contributed by atoms with Crippen molar-refractivity contribution < 1.29 is 4.74 Å². The Kier molecular flexibility index (Phi) is 7.06. The van der Waals surface area contributed by atoms with Crippen molar-refractivity contribution in [3.8, 4) is 11.3 Å². The quantitative estimate of drug-likeness (QED) is 0.590. The highest BCUT2D eigenvalue weighted by atomic mass is 16.5. The number of nitrogens with one attached hydrogen (secondary N) is 2. The highest BCUT2D eigenvalue weighted by molar-refractivity contribution is 5.79. The van der Waals surface area contributed by atoms with E-state index in [0.29, 0.717) is 18.6 Å². The second-order valence-corrected chi connectivity index (χ2v) is 7.40. The van der Waals surface area contributed by atoms with Gasteiger partial charge in [0.2, 0.25) is 0 Å². The second-order valence-electron chi connectivity index (χ2n) is 7.40. The van der Waals surface area contributed by atoms with E-state index in [1.165, 1.54) is 0 Å². The van der Waals surface area contributed by atoms with Gasteiger partial charge >= 0.3 is 0 Å². The van der Waals surface area contributed by atoms with Crippen LogP contribution >= 0.6 is 0 Å². The summed E-state index contributed by atoms with van der Waals surface area (Å²) in [6.07, 6.45) is 1.89. The van der Waals surface area contributed by atoms with Gasteiger partial charge in [0.25, 0.3) is 0 Å². The average Bonchev–Trinajstić information content (AvgIpc) is 3.18. The Morgan fingerprint density at radius 2 is 2.21 bits per heavy atom. The zero-order valence-corrected chi connectivity index (χ0v) is 17.4. The van der Waals surface area contributed by atoms with Crippen LogP contribution in [0, 0.1) is 0 Å². The average molecular weight is 385 g/mol. The summed E-state index contributed by atoms with van der Waals surface area (Å²) >= 11 is 0. The molecule has 0 radical (unpaired) electrons. The van der Waals surface area contributed by atoms with E-state index < -0.39 is 0 Å². The van der Waals surface area contributed by atoms with E-state index in [-0.39, 0.29) is 0 Å². The van der Waals surface area contributed by atoms with Crippen molar-refractivity contribution in [3.63, 3.8) is 0 Å². The maximum absolute atomic E-state index is 5.54. The van der Waals surface area contributed by atoms with Crippen molar-refractivity contribution in [1.82, 2.24) is 25.1 Å². The van der Waals surface area contributed by atoms with Gasteiger partial charge in [-0.1, -0.05) is 30.3 Å². The molecule has 1 aliphatic heterocycles. The fourth-order valence-electron chi connectivity index (χ4n) is 3.64. The third-order valence-corrected chi connectivity index (χ3v) is 5.21. The number of ether oxygens (including phenoxy) is 1. The van der Waals surface area contributed by atoms with E-state index in [1.54, 1.807) is 0 Å². The molecule has 2 atom stereocenters. The lowest BCUT2D eigenvalue weighted by Gasteiger charge is -2.38. The molecule has 0 spiro atoms. The van der Waals surface area contributed by atoms with Gasteiger partial charge in [-0.2, -0.15) is 0 Å². The van der Waals surface area contributed by atoms with E-state index in [9.17, 15) is 0 Å². The van der Waals surface area contributed by atoms with Gasteiger partial charge < -0.3 is 19.9 Å². The summed E-state index contributed by atoms with van der Waals surface area (Å²) in [7, 11) is 3.85. The highest BCUT2D eigenvalue weighted by Gasteiger charge is 2.24. The van der Waals surface area contributed by atoms with Gasteiger partial charge in [0.1, 0.15) is 5.82 Å². The number of aromatic nitrogens is 2. The molecule has 1 saturated heterocycles. The zero-order valence-electron chi connectivity index (χ0n) is 17.4. The molecule has 2 unspecified atom stereocenters. The molecule has 0 amide bonds. The largest absolute Gasteiger partial charge is 0.379 e. The molecule has 2 aromatic rings. The number of H-pyrrole nitrogens is 1. The topological polar surface area (TPSA) is 68.8 Å². The lowest BCUT2D eigenvalue weighted by molar-refractivity contribution is -0.0175. The van der Waals surface area contributed by atoms with Gasteiger partial charge in [-0.15, -0.1) is 0 Å². The van der Waals surface area contributed by atoms with Crippen LogP contribution < -0.4 is 5.32 Å². The summed E-state index contributed by atoms with van der Waals surface area (Å²) in [5.41, 5.74) is 2.17. The number of hydrogen-bond acceptors (Lipinski definition) is 4. The van der Waals surface area contributed by atoms with E-state index in [0.717, 1.165) is 49.3 Å². The van der Waals surface area contributed by atoms with Crippen LogP contribution in [-0.4, -0.2) is 78.2 Å². The highest BCUT2D eigenvalue weighted by Crippen LogP contribution is 2.16. The number of benzene rings is 1. The van der Waals surface area contributed by atoms with Crippen LogP contribution in [0.5, 0.6) is 0 Å². The van der Waals surface area contributed by atoms with Crippen molar-refractivity contribution in [2.24, 2.45) is 4.99 Å². The van der Waals surface area contributed by atoms with Crippen LogP contribution in [-0.2, 0) is 11.3 Å². The first kappa shape index (κ1) is 20.4. The number of imidazole rings is 1. The van der Waals surface area contributed by atoms with Crippen molar-refractivity contribution in [2.75, 3.05) is 40.4 Å². The fourth-order valence-corrected chi connectivity index (χ4v) is 3.64. The number of morpholine rings is 1. The molecule has 28 heavy (non-hydrogen) atoms. The van der Waals surface area contributed by atoms with Crippen LogP contribution in [0.3, 0.4) is 0 Å². The van der Waals surface area contributed by atoms with Crippen LogP contribution in [0.25, 0.3) is 11.3 Å². The number of aliphatic imine (C=N–C) groups is 1. The third-order valence-electron chi connectivity index (χ3n) is 5.21. The predicted molar refractivity (Wildman–Crippen MR) is 113 cm³/mol. The van der Waals surface area contributed by atoms with Gasteiger partial charge in [-0.25, -0.2) is 4.98 Å². The fraction of sp³-hybridized carbons (Fsp3) is 0.524. The van der Waals surface area contributed by atoms with Gasteiger partial charge in [-0.05, 0) is 19.4 Å². The number of nitrogens with zero attached hydrogens (tertiary/aromatic N) is 4. The molecule has 1 aromatic heterocycles. The van der Waals surface area contributed by atoms with Crippen molar-refractivity contribution >= 4 is 5.96 Å². The maximum atomic E-state index is 5.54. The minimum absolute atomic E-state index is 0.414. The minimum atomic E-state index is 0.414. The van der Waals surface area contributed by atoms with Crippen LogP contribution in [0.1, 0.15) is 19.7 Å². The Balaban J connectivity index is 1.54. The lowest BCUT2D eigenvalue weighted by Crippen LogP contribution is -2.53. The SMILES string of the molecule is CN=C(NCC(C)N1CCOCC1C)N(C)Cc1ncc(-c2ccccc2)[nH]1. The molecule has 0 saturated carbocycles. The number of guanidine groups is 1. The van der Waals surface area contributed by atoms with Gasteiger partial charge in [-0.3, -0.25) is 9.89 Å². The Bertz CT molecular complexity index is 759. The second kappa shape index (κ2) is 9.71. The van der Waals surface area contributed by atoms with Crippen LogP contribution in [0.15, 0.2) is 41.5 Å². The Morgan fingerprint density at radius 3 is 2.93 bits per heavy atom. The van der Waals surface area contributed by atoms with Crippen molar-refractivity contribution in [1.29, 1.82) is 0 Å². The number of hydrogen-bond donors (Lipinski definition) is 2. The van der Waals surface area contributed by atoms with Crippen LogP contribution in [0.4, 0.5) is 0 Å². The summed E-state index contributed by atoms with van der Waals surface area (Å²) in [4.78, 5) is 16.9. The molecule has 0 bridgehead atoms. The van der Waals surface area contributed by atoms with Gasteiger partial charge in [0.15, 0.2) is 5.96 Å². The molecule has 3 rings (SSSR count). The van der Waals surface area contributed by atoms with Gasteiger partial charge in [0.05, 0.1) is 31.6 Å². The minimum Gasteiger partial charge on any atom is -0.379 e. The summed E-state index contributed by atoms with van der Waals surface area (Å²) in [6, 6.07) is 11.1. The Hall–Kier alpha value is -2.38. The summed E-state index contributed by atoms with van der Waals surface area (Å²) < 4.78 is 5.54. The molecule has 2 N–H and O–H groups in total. The molecular weight excluding hydrogens is 352 g/mol. The maximum Gasteiger partial charge on any atom is 0.193 e. The smallest absolute Gasteiger partial charge is 0.193 e. The number of aromatic amines is 1. The monoisotopic (exact) mass is 384 g/mol. The molecule has 1 aliphatic rings. The van der Waals surface area contributed by atoms with Crippen molar-refractivity contribution in [3.05, 3.63) is 42.4 Å². The first-order chi connectivity index (χ1) is 13.6. The Morgan fingerprint density at radius 1 is 1.43 bits per heavy atom. The number of rotatable bonds is 6. The zero-order chi connectivity index (χ0) is 19.9. The molecule has 152 valence electrons.